The molecule has 0 radical (unpaired) electrons. The maximum absolute atomic E-state index is 5.60. The Bertz CT molecular complexity index is 468. The van der Waals surface area contributed by atoms with Crippen molar-refractivity contribution in [2.75, 3.05) is 6.61 Å². The van der Waals surface area contributed by atoms with E-state index < -0.39 is 0 Å². The van der Waals surface area contributed by atoms with E-state index in [4.69, 9.17) is 4.74 Å². The first-order chi connectivity index (χ1) is 8.81. The number of para-hydroxylation sites is 1. The minimum absolute atomic E-state index is 0.190. The van der Waals surface area contributed by atoms with Gasteiger partial charge in [0.2, 0.25) is 0 Å². The molecule has 0 aliphatic heterocycles. The van der Waals surface area contributed by atoms with E-state index in [2.05, 4.69) is 28.3 Å². The van der Waals surface area contributed by atoms with E-state index in [0.29, 0.717) is 6.61 Å². The lowest BCUT2D eigenvalue weighted by atomic mass is 10.2. The largest absolute Gasteiger partial charge is 0.494 e. The molecule has 18 heavy (non-hydrogen) atoms. The van der Waals surface area contributed by atoms with Gasteiger partial charge in [0.05, 0.1) is 12.6 Å². The van der Waals surface area contributed by atoms with Crippen molar-refractivity contribution in [2.45, 2.75) is 26.4 Å². The van der Waals surface area contributed by atoms with E-state index in [-0.39, 0.29) is 6.04 Å². The molecule has 1 unspecified atom stereocenters. The van der Waals surface area contributed by atoms with Crippen LogP contribution in [0, 0.1) is 0 Å². The van der Waals surface area contributed by atoms with Crippen molar-refractivity contribution < 1.29 is 4.74 Å². The van der Waals surface area contributed by atoms with Gasteiger partial charge in [-0.25, -0.2) is 4.98 Å². The zero-order valence-corrected chi connectivity index (χ0v) is 10.8. The third kappa shape index (κ3) is 3.11. The smallest absolute Gasteiger partial charge is 0.123 e. The van der Waals surface area contributed by atoms with Crippen molar-refractivity contribution in [3.63, 3.8) is 0 Å². The molecule has 0 amide bonds. The fraction of sp³-hybridized carbons (Fsp3) is 0.357. The highest BCUT2D eigenvalue weighted by Crippen LogP contribution is 2.18. The van der Waals surface area contributed by atoms with Crippen LogP contribution in [0.5, 0.6) is 5.75 Å². The van der Waals surface area contributed by atoms with E-state index in [9.17, 15) is 0 Å². The van der Waals surface area contributed by atoms with Gasteiger partial charge in [0.15, 0.2) is 0 Å². The van der Waals surface area contributed by atoms with Crippen LogP contribution in [0.4, 0.5) is 0 Å². The Hall–Kier alpha value is -1.81. The summed E-state index contributed by atoms with van der Waals surface area (Å²) in [6, 6.07) is 8.28. The maximum atomic E-state index is 5.60. The molecule has 1 aromatic carbocycles. The molecule has 1 atom stereocenters. The summed E-state index contributed by atoms with van der Waals surface area (Å²) in [5.74, 6) is 1.89. The fourth-order valence-corrected chi connectivity index (χ4v) is 1.82. The first kappa shape index (κ1) is 12.6. The number of hydrogen-bond acceptors (Lipinski definition) is 3. The first-order valence-corrected chi connectivity index (χ1v) is 6.24. The normalized spacial score (nSPS) is 12.3. The van der Waals surface area contributed by atoms with Gasteiger partial charge < -0.3 is 15.0 Å². The number of aromatic nitrogens is 2. The summed E-state index contributed by atoms with van der Waals surface area (Å²) in [6.07, 6.45) is 3.60. The van der Waals surface area contributed by atoms with Crippen LogP contribution in [-0.2, 0) is 6.54 Å². The van der Waals surface area contributed by atoms with Gasteiger partial charge in [0.25, 0.3) is 0 Å². The Morgan fingerprint density at radius 1 is 1.39 bits per heavy atom. The summed E-state index contributed by atoms with van der Waals surface area (Å²) in [5, 5.41) is 3.43. The van der Waals surface area contributed by atoms with E-state index in [1.807, 2.05) is 31.3 Å². The van der Waals surface area contributed by atoms with Crippen LogP contribution in [0.3, 0.4) is 0 Å². The van der Waals surface area contributed by atoms with Gasteiger partial charge in [0, 0.05) is 24.5 Å². The van der Waals surface area contributed by atoms with Crippen molar-refractivity contribution in [3.05, 3.63) is 48.0 Å². The van der Waals surface area contributed by atoms with Gasteiger partial charge >= 0.3 is 0 Å². The van der Waals surface area contributed by atoms with E-state index in [0.717, 1.165) is 23.7 Å². The molecular weight excluding hydrogens is 226 g/mol. The predicted molar refractivity (Wildman–Crippen MR) is 71.5 cm³/mol. The highest BCUT2D eigenvalue weighted by molar-refractivity contribution is 5.33. The molecule has 0 spiro atoms. The standard InChI is InChI=1S/C14H19N3O/c1-3-18-13-7-5-4-6-12(13)10-17-11(2)14-15-8-9-16-14/h4-9,11,17H,3,10H2,1-2H3,(H,15,16). The zero-order chi connectivity index (χ0) is 12.8. The van der Waals surface area contributed by atoms with E-state index in [1.165, 1.54) is 0 Å². The molecule has 4 heteroatoms. The number of benzene rings is 1. The second-order valence-electron chi connectivity index (χ2n) is 4.12. The number of nitrogens with zero attached hydrogens (tertiary/aromatic N) is 1. The quantitative estimate of drug-likeness (QED) is 0.822. The molecule has 1 aromatic heterocycles. The second-order valence-corrected chi connectivity index (χ2v) is 4.12. The van der Waals surface area contributed by atoms with Gasteiger partial charge in [-0.2, -0.15) is 0 Å². The minimum Gasteiger partial charge on any atom is -0.494 e. The number of hydrogen-bond donors (Lipinski definition) is 2. The SMILES string of the molecule is CCOc1ccccc1CNC(C)c1ncc[nH]1. The van der Waals surface area contributed by atoms with Crippen LogP contribution in [0.15, 0.2) is 36.7 Å². The van der Waals surface area contributed by atoms with Gasteiger partial charge in [0.1, 0.15) is 11.6 Å². The van der Waals surface area contributed by atoms with Crippen LogP contribution in [0.25, 0.3) is 0 Å². The first-order valence-electron chi connectivity index (χ1n) is 6.24. The zero-order valence-electron chi connectivity index (χ0n) is 10.8. The molecule has 96 valence electrons. The Morgan fingerprint density at radius 2 is 2.22 bits per heavy atom. The minimum atomic E-state index is 0.190. The van der Waals surface area contributed by atoms with Crippen LogP contribution in [0.2, 0.25) is 0 Å². The average Bonchev–Trinajstić information content (AvgIpc) is 2.92. The summed E-state index contributed by atoms with van der Waals surface area (Å²) in [7, 11) is 0. The van der Waals surface area contributed by atoms with E-state index >= 15 is 0 Å². The van der Waals surface area contributed by atoms with Crippen LogP contribution in [0.1, 0.15) is 31.3 Å². The summed E-state index contributed by atoms with van der Waals surface area (Å²) >= 11 is 0. The lowest BCUT2D eigenvalue weighted by molar-refractivity contribution is 0.334. The van der Waals surface area contributed by atoms with Gasteiger partial charge in [-0.3, -0.25) is 0 Å². The molecule has 0 saturated carbocycles. The summed E-state index contributed by atoms with van der Waals surface area (Å²) in [5.41, 5.74) is 1.16. The number of rotatable bonds is 6. The topological polar surface area (TPSA) is 49.9 Å². The molecule has 2 aromatic rings. The number of imidazole rings is 1. The third-order valence-electron chi connectivity index (χ3n) is 2.80. The molecule has 0 aliphatic carbocycles. The summed E-state index contributed by atoms with van der Waals surface area (Å²) in [4.78, 5) is 7.35. The Labute approximate surface area is 107 Å². The third-order valence-corrected chi connectivity index (χ3v) is 2.80. The molecule has 0 bridgehead atoms. The lowest BCUT2D eigenvalue weighted by Gasteiger charge is -2.14. The molecule has 0 aliphatic rings. The van der Waals surface area contributed by atoms with Gasteiger partial charge in [-0.05, 0) is 19.9 Å². The van der Waals surface area contributed by atoms with Crippen molar-refractivity contribution >= 4 is 0 Å². The molecule has 2 N–H and O–H groups in total. The van der Waals surface area contributed by atoms with E-state index in [1.54, 1.807) is 6.20 Å². The molecule has 1 heterocycles. The maximum Gasteiger partial charge on any atom is 0.123 e. The molecule has 4 nitrogen and oxygen atoms in total. The Balaban J connectivity index is 1.97. The molecule has 0 fully saturated rings. The van der Waals surface area contributed by atoms with Gasteiger partial charge in [-0.15, -0.1) is 0 Å². The van der Waals surface area contributed by atoms with Crippen molar-refractivity contribution in [2.24, 2.45) is 0 Å². The Kier molecular flexibility index (Phi) is 4.36. The highest BCUT2D eigenvalue weighted by atomic mass is 16.5. The number of H-pyrrole nitrogens is 1. The molecule has 0 saturated heterocycles. The lowest BCUT2D eigenvalue weighted by Crippen LogP contribution is -2.19. The van der Waals surface area contributed by atoms with Crippen molar-refractivity contribution in [3.8, 4) is 5.75 Å². The number of ether oxygens (including phenoxy) is 1. The number of aromatic amines is 1. The highest BCUT2D eigenvalue weighted by Gasteiger charge is 2.08. The Morgan fingerprint density at radius 3 is 2.94 bits per heavy atom. The van der Waals surface area contributed by atoms with Crippen molar-refractivity contribution in [1.82, 2.24) is 15.3 Å². The van der Waals surface area contributed by atoms with Crippen LogP contribution in [-0.4, -0.2) is 16.6 Å². The summed E-state index contributed by atoms with van der Waals surface area (Å²) < 4.78 is 5.60. The average molecular weight is 245 g/mol. The summed E-state index contributed by atoms with van der Waals surface area (Å²) in [6.45, 7) is 5.53. The fourth-order valence-electron chi connectivity index (χ4n) is 1.82. The molecular formula is C14H19N3O. The number of nitrogens with one attached hydrogen (secondary N) is 2. The van der Waals surface area contributed by atoms with Gasteiger partial charge in [-0.1, -0.05) is 18.2 Å². The van der Waals surface area contributed by atoms with Crippen LogP contribution < -0.4 is 10.1 Å². The predicted octanol–water partition coefficient (Wildman–Crippen LogP) is 2.66. The van der Waals surface area contributed by atoms with Crippen LogP contribution >= 0.6 is 0 Å². The molecule has 2 rings (SSSR count). The van der Waals surface area contributed by atoms with Crippen molar-refractivity contribution in [1.29, 1.82) is 0 Å². The second kappa shape index (κ2) is 6.21. The monoisotopic (exact) mass is 245 g/mol.